The Hall–Kier alpha value is -2.08. The van der Waals surface area contributed by atoms with E-state index >= 15 is 0 Å². The van der Waals surface area contributed by atoms with Crippen molar-refractivity contribution in [3.8, 4) is 0 Å². The zero-order valence-electron chi connectivity index (χ0n) is 15.0. The van der Waals surface area contributed by atoms with Gasteiger partial charge in [-0.3, -0.25) is 14.4 Å². The Morgan fingerprint density at radius 2 is 1.88 bits per heavy atom. The minimum absolute atomic E-state index is 0.0475. The number of hydrogen-bond acceptors (Lipinski definition) is 5. The van der Waals surface area contributed by atoms with Crippen LogP contribution in [-0.2, 0) is 19.1 Å². The van der Waals surface area contributed by atoms with Crippen molar-refractivity contribution in [1.82, 2.24) is 4.90 Å². The number of amides is 1. The second-order valence-electron chi connectivity index (χ2n) is 6.85. The lowest BCUT2D eigenvalue weighted by molar-refractivity contribution is -0.145. The van der Waals surface area contributed by atoms with Gasteiger partial charge in [0.15, 0.2) is 0 Å². The number of nitrogens with zero attached hydrogens (tertiary/aromatic N) is 2. The molecule has 1 heterocycles. The largest absolute Gasteiger partial charge is 0.469 e. The van der Waals surface area contributed by atoms with Crippen molar-refractivity contribution >= 4 is 34.9 Å². The number of ketones is 1. The van der Waals surface area contributed by atoms with Gasteiger partial charge in [0.2, 0.25) is 5.91 Å². The van der Waals surface area contributed by atoms with E-state index in [9.17, 15) is 14.4 Å². The van der Waals surface area contributed by atoms with E-state index in [-0.39, 0.29) is 35.9 Å². The van der Waals surface area contributed by atoms with Crippen molar-refractivity contribution in [3.63, 3.8) is 0 Å². The Bertz CT molecular complexity index is 728. The molecule has 0 bridgehead atoms. The number of carbonyl (C=O) groups excluding carboxylic acids is 3. The highest BCUT2D eigenvalue weighted by Crippen LogP contribution is 2.43. The van der Waals surface area contributed by atoms with Crippen LogP contribution >= 0.6 is 11.6 Å². The summed E-state index contributed by atoms with van der Waals surface area (Å²) in [5, 5.41) is 0.591. The lowest BCUT2D eigenvalue weighted by atomic mass is 9.93. The van der Waals surface area contributed by atoms with Crippen LogP contribution in [0.15, 0.2) is 18.2 Å². The van der Waals surface area contributed by atoms with E-state index in [1.807, 2.05) is 18.2 Å². The normalized spacial score (nSPS) is 23.3. The van der Waals surface area contributed by atoms with Gasteiger partial charge in [0.25, 0.3) is 0 Å². The second kappa shape index (κ2) is 7.66. The molecular formula is C19H23ClN2O4. The van der Waals surface area contributed by atoms with Crippen molar-refractivity contribution in [2.24, 2.45) is 5.92 Å². The van der Waals surface area contributed by atoms with Crippen LogP contribution in [0.1, 0.15) is 31.2 Å². The van der Waals surface area contributed by atoms with Gasteiger partial charge in [0.1, 0.15) is 5.78 Å². The summed E-state index contributed by atoms with van der Waals surface area (Å²) in [4.78, 5) is 39.9. The van der Waals surface area contributed by atoms with E-state index in [4.69, 9.17) is 16.3 Å². The lowest BCUT2D eigenvalue weighted by Crippen LogP contribution is -2.48. The van der Waals surface area contributed by atoms with Crippen LogP contribution in [0.5, 0.6) is 0 Å². The van der Waals surface area contributed by atoms with Crippen molar-refractivity contribution < 1.29 is 19.1 Å². The number of rotatable bonds is 3. The molecule has 6 nitrogen and oxygen atoms in total. The number of esters is 1. The molecule has 1 aromatic rings. The van der Waals surface area contributed by atoms with E-state index in [0.29, 0.717) is 37.6 Å². The molecule has 7 heteroatoms. The summed E-state index contributed by atoms with van der Waals surface area (Å²) in [5.41, 5.74) is 1.71. The number of para-hydroxylation sites is 1. The fourth-order valence-corrected chi connectivity index (χ4v) is 4.22. The first-order chi connectivity index (χ1) is 12.4. The highest BCUT2D eigenvalue weighted by Gasteiger charge is 2.40. The third-order valence-electron chi connectivity index (χ3n) is 5.33. The Morgan fingerprint density at radius 3 is 2.50 bits per heavy atom. The number of Topliss-reactive ketones (excluding diaryl/α,β-unsaturated/α-hetero) is 1. The molecule has 140 valence electrons. The molecule has 3 rings (SSSR count). The Morgan fingerprint density at radius 1 is 1.19 bits per heavy atom. The van der Waals surface area contributed by atoms with Crippen LogP contribution in [0, 0.1) is 5.92 Å². The summed E-state index contributed by atoms with van der Waals surface area (Å²) in [6.45, 7) is 4.16. The first kappa shape index (κ1) is 18.7. The third-order valence-corrected chi connectivity index (χ3v) is 5.63. The van der Waals surface area contributed by atoms with Crippen molar-refractivity contribution in [2.45, 2.75) is 25.7 Å². The number of hydrogen-bond donors (Lipinski definition) is 0. The number of carbonyl (C=O) groups is 3. The van der Waals surface area contributed by atoms with Crippen LogP contribution in [0.4, 0.5) is 5.69 Å². The first-order valence-corrected chi connectivity index (χ1v) is 9.19. The minimum Gasteiger partial charge on any atom is -0.469 e. The quantitative estimate of drug-likeness (QED) is 0.755. The van der Waals surface area contributed by atoms with Gasteiger partial charge in [0, 0.05) is 45.4 Å². The predicted octanol–water partition coefficient (Wildman–Crippen LogP) is 2.24. The summed E-state index contributed by atoms with van der Waals surface area (Å²) in [5.74, 6) is -0.959. The standard InChI is InChI=1S/C19H23ClN2O4/c1-12(23)21-6-8-22(9-7-21)18-14(4-3-5-16(18)20)15-10-13(11-17(15)24)19(25)26-2/h3-5,13,15H,6-11H2,1-2H3/t13-,15+/m1/s1. The maximum Gasteiger partial charge on any atom is 0.309 e. The topological polar surface area (TPSA) is 66.9 Å². The van der Waals surface area contributed by atoms with Crippen LogP contribution in [0.25, 0.3) is 0 Å². The SMILES string of the molecule is COC(=O)[C@H]1CC(=O)[C@H](c2cccc(Cl)c2N2CCN(C(C)=O)CC2)C1. The molecule has 2 atom stereocenters. The molecule has 0 spiro atoms. The third kappa shape index (κ3) is 3.56. The summed E-state index contributed by atoms with van der Waals surface area (Å²) < 4.78 is 4.81. The van der Waals surface area contributed by atoms with Gasteiger partial charge in [0.05, 0.1) is 23.7 Å². The molecule has 1 saturated carbocycles. The average molecular weight is 379 g/mol. The Balaban J connectivity index is 1.86. The number of piperazine rings is 1. The van der Waals surface area contributed by atoms with Gasteiger partial charge < -0.3 is 14.5 Å². The number of ether oxygens (including phenoxy) is 1. The fourth-order valence-electron chi connectivity index (χ4n) is 3.92. The summed E-state index contributed by atoms with van der Waals surface area (Å²) >= 11 is 6.49. The molecule has 2 fully saturated rings. The molecule has 0 aromatic heterocycles. The predicted molar refractivity (Wildman–Crippen MR) is 98.4 cm³/mol. The van der Waals surface area contributed by atoms with Crippen LogP contribution in [0.2, 0.25) is 5.02 Å². The van der Waals surface area contributed by atoms with E-state index < -0.39 is 0 Å². The Kier molecular flexibility index (Phi) is 5.51. The van der Waals surface area contributed by atoms with Gasteiger partial charge >= 0.3 is 5.97 Å². The van der Waals surface area contributed by atoms with Gasteiger partial charge in [-0.2, -0.15) is 0 Å². The van der Waals surface area contributed by atoms with Crippen molar-refractivity contribution in [2.75, 3.05) is 38.2 Å². The fraction of sp³-hybridized carbons (Fsp3) is 0.526. The minimum atomic E-state index is -0.390. The smallest absolute Gasteiger partial charge is 0.309 e. The maximum atomic E-state index is 12.6. The number of benzene rings is 1. The highest BCUT2D eigenvalue weighted by molar-refractivity contribution is 6.33. The molecule has 0 unspecified atom stereocenters. The van der Waals surface area contributed by atoms with Gasteiger partial charge in [-0.25, -0.2) is 0 Å². The summed E-state index contributed by atoms with van der Waals surface area (Å²) in [7, 11) is 1.35. The van der Waals surface area contributed by atoms with E-state index in [1.54, 1.807) is 11.8 Å². The number of halogens is 1. The molecule has 0 N–H and O–H groups in total. The van der Waals surface area contributed by atoms with E-state index in [1.165, 1.54) is 7.11 Å². The molecule has 26 heavy (non-hydrogen) atoms. The van der Waals surface area contributed by atoms with Crippen LogP contribution in [-0.4, -0.2) is 55.8 Å². The molecule has 1 saturated heterocycles. The number of anilines is 1. The second-order valence-corrected chi connectivity index (χ2v) is 7.26. The number of methoxy groups -OCH3 is 1. The molecule has 2 aliphatic rings. The molecular weight excluding hydrogens is 356 g/mol. The first-order valence-electron chi connectivity index (χ1n) is 8.81. The van der Waals surface area contributed by atoms with Crippen LogP contribution < -0.4 is 4.90 Å². The van der Waals surface area contributed by atoms with Crippen molar-refractivity contribution in [3.05, 3.63) is 28.8 Å². The average Bonchev–Trinajstić information content (AvgIpc) is 3.02. The molecule has 1 aliphatic carbocycles. The van der Waals surface area contributed by atoms with E-state index in [0.717, 1.165) is 11.3 Å². The zero-order valence-corrected chi connectivity index (χ0v) is 15.8. The summed E-state index contributed by atoms with van der Waals surface area (Å²) in [6.07, 6.45) is 0.660. The monoisotopic (exact) mass is 378 g/mol. The van der Waals surface area contributed by atoms with Gasteiger partial charge in [-0.1, -0.05) is 23.7 Å². The molecule has 1 aliphatic heterocycles. The van der Waals surface area contributed by atoms with Gasteiger partial charge in [-0.15, -0.1) is 0 Å². The summed E-state index contributed by atoms with van der Waals surface area (Å²) in [6, 6.07) is 5.57. The van der Waals surface area contributed by atoms with Crippen LogP contribution in [0.3, 0.4) is 0 Å². The van der Waals surface area contributed by atoms with E-state index in [2.05, 4.69) is 4.90 Å². The van der Waals surface area contributed by atoms with Gasteiger partial charge in [-0.05, 0) is 18.1 Å². The molecule has 0 radical (unpaired) electrons. The lowest BCUT2D eigenvalue weighted by Gasteiger charge is -2.37. The Labute approximate surface area is 158 Å². The maximum absolute atomic E-state index is 12.6. The molecule has 1 aromatic carbocycles. The molecule has 1 amide bonds. The highest BCUT2D eigenvalue weighted by atomic mass is 35.5. The zero-order chi connectivity index (χ0) is 18.8. The van der Waals surface area contributed by atoms with Crippen molar-refractivity contribution in [1.29, 1.82) is 0 Å².